The molecule has 150 valence electrons. The molecule has 1 atom stereocenters. The van der Waals surface area contributed by atoms with Crippen molar-refractivity contribution < 1.29 is 14.3 Å². The van der Waals surface area contributed by atoms with Crippen molar-refractivity contribution >= 4 is 44.4 Å². The second kappa shape index (κ2) is 9.10. The molecule has 2 aromatic heterocycles. The summed E-state index contributed by atoms with van der Waals surface area (Å²) in [6.45, 7) is 1.71. The Bertz CT molecular complexity index is 1010. The fraction of sp³-hybridized carbons (Fsp3) is 0.211. The van der Waals surface area contributed by atoms with E-state index in [2.05, 4.69) is 41.7 Å². The van der Waals surface area contributed by atoms with E-state index in [9.17, 15) is 9.59 Å². The van der Waals surface area contributed by atoms with Gasteiger partial charge in [0.15, 0.2) is 0 Å². The summed E-state index contributed by atoms with van der Waals surface area (Å²) in [5.41, 5.74) is 0.359. The molecule has 1 unspecified atom stereocenters. The van der Waals surface area contributed by atoms with E-state index in [-0.39, 0.29) is 6.42 Å². The number of amides is 2. The van der Waals surface area contributed by atoms with E-state index in [1.807, 2.05) is 24.3 Å². The van der Waals surface area contributed by atoms with Crippen LogP contribution >= 0.6 is 27.3 Å². The minimum absolute atomic E-state index is 0.0760. The van der Waals surface area contributed by atoms with Gasteiger partial charge in [0.1, 0.15) is 5.01 Å². The number of halogens is 1. The molecule has 0 radical (unpaired) electrons. The van der Waals surface area contributed by atoms with Gasteiger partial charge < -0.3 is 10.1 Å². The standard InChI is InChI=1S/C19H18BrN5O3S/c1-19(11-15(26)28-2,14-8-3-4-9-21-14)23-17(27)22-18-25-24-16(29-18)12-6-5-7-13(20)10-12/h3-10H,11H2,1-2H3,(H2,22,23,25,27). The molecule has 1 aromatic carbocycles. The average molecular weight is 476 g/mol. The summed E-state index contributed by atoms with van der Waals surface area (Å²) in [4.78, 5) is 28.8. The zero-order valence-electron chi connectivity index (χ0n) is 15.7. The lowest BCUT2D eigenvalue weighted by Crippen LogP contribution is -2.47. The molecule has 8 nitrogen and oxygen atoms in total. The van der Waals surface area contributed by atoms with E-state index in [0.717, 1.165) is 10.0 Å². The molecule has 0 aliphatic carbocycles. The van der Waals surface area contributed by atoms with Crippen molar-refractivity contribution in [1.29, 1.82) is 0 Å². The fourth-order valence-corrected chi connectivity index (χ4v) is 3.77. The Kier molecular flexibility index (Phi) is 6.55. The molecule has 3 rings (SSSR count). The van der Waals surface area contributed by atoms with Gasteiger partial charge in [0.25, 0.3) is 0 Å². The second-order valence-electron chi connectivity index (χ2n) is 6.30. The molecule has 2 heterocycles. The predicted molar refractivity (Wildman–Crippen MR) is 113 cm³/mol. The van der Waals surface area contributed by atoms with E-state index in [0.29, 0.717) is 15.8 Å². The van der Waals surface area contributed by atoms with Crippen LogP contribution in [0.5, 0.6) is 0 Å². The number of pyridine rings is 1. The highest BCUT2D eigenvalue weighted by Gasteiger charge is 2.33. The van der Waals surface area contributed by atoms with Crippen LogP contribution < -0.4 is 10.6 Å². The minimum Gasteiger partial charge on any atom is -0.469 e. The summed E-state index contributed by atoms with van der Waals surface area (Å²) in [5, 5.41) is 14.6. The average Bonchev–Trinajstić information content (AvgIpc) is 3.16. The number of hydrogen-bond donors (Lipinski definition) is 2. The van der Waals surface area contributed by atoms with Crippen molar-refractivity contribution in [2.45, 2.75) is 18.9 Å². The van der Waals surface area contributed by atoms with Crippen LogP contribution in [-0.2, 0) is 15.1 Å². The Hall–Kier alpha value is -2.85. The fourth-order valence-electron chi connectivity index (χ4n) is 2.64. The summed E-state index contributed by atoms with van der Waals surface area (Å²) in [6, 6.07) is 12.4. The quantitative estimate of drug-likeness (QED) is 0.522. The number of hydrogen-bond acceptors (Lipinski definition) is 7. The number of aromatic nitrogens is 3. The molecule has 0 spiro atoms. The molecular formula is C19H18BrN5O3S. The topological polar surface area (TPSA) is 106 Å². The van der Waals surface area contributed by atoms with Gasteiger partial charge in [-0.1, -0.05) is 45.5 Å². The normalized spacial score (nSPS) is 12.7. The number of benzene rings is 1. The van der Waals surface area contributed by atoms with E-state index in [1.54, 1.807) is 31.3 Å². The number of anilines is 1. The van der Waals surface area contributed by atoms with E-state index >= 15 is 0 Å². The predicted octanol–water partition coefficient (Wildman–Crippen LogP) is 3.96. The lowest BCUT2D eigenvalue weighted by molar-refractivity contribution is -0.142. The van der Waals surface area contributed by atoms with Gasteiger partial charge in [-0.3, -0.25) is 15.1 Å². The Morgan fingerprint density at radius 2 is 2.03 bits per heavy atom. The van der Waals surface area contributed by atoms with E-state index < -0.39 is 17.5 Å². The third-order valence-electron chi connectivity index (χ3n) is 4.06. The van der Waals surface area contributed by atoms with Gasteiger partial charge in [-0.15, -0.1) is 10.2 Å². The number of ether oxygens (including phenoxy) is 1. The Labute approximate surface area is 179 Å². The highest BCUT2D eigenvalue weighted by molar-refractivity contribution is 9.10. The smallest absolute Gasteiger partial charge is 0.321 e. The minimum atomic E-state index is -1.06. The first kappa shape index (κ1) is 20.9. The van der Waals surface area contributed by atoms with Gasteiger partial charge in [0.05, 0.1) is 24.8 Å². The van der Waals surface area contributed by atoms with Gasteiger partial charge in [0.2, 0.25) is 5.13 Å². The molecule has 0 bridgehead atoms. The highest BCUT2D eigenvalue weighted by atomic mass is 79.9. The molecule has 2 N–H and O–H groups in total. The molecule has 0 saturated carbocycles. The summed E-state index contributed by atoms with van der Waals surface area (Å²) < 4.78 is 5.69. The lowest BCUT2D eigenvalue weighted by atomic mass is 9.93. The second-order valence-corrected chi connectivity index (χ2v) is 8.20. The number of nitrogens with zero attached hydrogens (tertiary/aromatic N) is 3. The van der Waals surface area contributed by atoms with Gasteiger partial charge in [-0.25, -0.2) is 4.79 Å². The third-order valence-corrected chi connectivity index (χ3v) is 5.44. The van der Waals surface area contributed by atoms with Gasteiger partial charge in [-0.05, 0) is 31.2 Å². The molecule has 2 amide bonds. The molecule has 0 saturated heterocycles. The summed E-state index contributed by atoms with van der Waals surface area (Å²) in [6.07, 6.45) is 1.52. The first-order chi connectivity index (χ1) is 13.9. The van der Waals surface area contributed by atoms with Gasteiger partial charge >= 0.3 is 12.0 Å². The van der Waals surface area contributed by atoms with Crippen molar-refractivity contribution in [3.05, 3.63) is 58.8 Å². The summed E-state index contributed by atoms with van der Waals surface area (Å²) in [5.74, 6) is -0.466. The van der Waals surface area contributed by atoms with E-state index in [1.165, 1.54) is 18.4 Å². The van der Waals surface area contributed by atoms with Crippen molar-refractivity contribution in [3.8, 4) is 10.6 Å². The zero-order chi connectivity index (χ0) is 20.9. The number of carbonyl (C=O) groups is 2. The van der Waals surface area contributed by atoms with Gasteiger partial charge in [0, 0.05) is 16.2 Å². The maximum absolute atomic E-state index is 12.6. The van der Waals surface area contributed by atoms with Crippen LogP contribution in [-0.4, -0.2) is 34.3 Å². The van der Waals surface area contributed by atoms with Crippen LogP contribution in [0.25, 0.3) is 10.6 Å². The molecule has 29 heavy (non-hydrogen) atoms. The van der Waals surface area contributed by atoms with Crippen molar-refractivity contribution in [2.24, 2.45) is 0 Å². The lowest BCUT2D eigenvalue weighted by Gasteiger charge is -2.29. The summed E-state index contributed by atoms with van der Waals surface area (Å²) >= 11 is 4.66. The van der Waals surface area contributed by atoms with Gasteiger partial charge in [-0.2, -0.15) is 0 Å². The van der Waals surface area contributed by atoms with Crippen molar-refractivity contribution in [3.63, 3.8) is 0 Å². The number of nitrogens with one attached hydrogen (secondary N) is 2. The highest BCUT2D eigenvalue weighted by Crippen LogP contribution is 2.29. The monoisotopic (exact) mass is 475 g/mol. The maximum Gasteiger partial charge on any atom is 0.321 e. The number of carbonyl (C=O) groups excluding carboxylic acids is 2. The molecule has 10 heteroatoms. The number of urea groups is 1. The number of rotatable bonds is 6. The first-order valence-corrected chi connectivity index (χ1v) is 10.2. The zero-order valence-corrected chi connectivity index (χ0v) is 18.1. The van der Waals surface area contributed by atoms with Crippen LogP contribution in [0.4, 0.5) is 9.93 Å². The van der Waals surface area contributed by atoms with Crippen LogP contribution in [0, 0.1) is 0 Å². The maximum atomic E-state index is 12.6. The SMILES string of the molecule is COC(=O)CC(C)(NC(=O)Nc1nnc(-c2cccc(Br)c2)s1)c1ccccn1. The number of esters is 1. The molecule has 0 aliphatic rings. The molecule has 0 fully saturated rings. The van der Waals surface area contributed by atoms with Crippen LogP contribution in [0.1, 0.15) is 19.0 Å². The van der Waals surface area contributed by atoms with Crippen LogP contribution in [0.2, 0.25) is 0 Å². The Morgan fingerprint density at radius 1 is 1.21 bits per heavy atom. The first-order valence-electron chi connectivity index (χ1n) is 8.56. The van der Waals surface area contributed by atoms with Crippen molar-refractivity contribution in [1.82, 2.24) is 20.5 Å². The number of methoxy groups -OCH3 is 1. The molecule has 3 aromatic rings. The van der Waals surface area contributed by atoms with E-state index in [4.69, 9.17) is 4.74 Å². The largest absolute Gasteiger partial charge is 0.469 e. The van der Waals surface area contributed by atoms with Crippen LogP contribution in [0.3, 0.4) is 0 Å². The Balaban J connectivity index is 1.75. The van der Waals surface area contributed by atoms with Crippen molar-refractivity contribution in [2.75, 3.05) is 12.4 Å². The van der Waals surface area contributed by atoms with Crippen LogP contribution in [0.15, 0.2) is 53.1 Å². The third kappa shape index (κ3) is 5.36. The molecular weight excluding hydrogens is 458 g/mol. The molecule has 0 aliphatic heterocycles. The Morgan fingerprint density at radius 3 is 2.72 bits per heavy atom. The summed E-state index contributed by atoms with van der Waals surface area (Å²) in [7, 11) is 1.30.